The summed E-state index contributed by atoms with van der Waals surface area (Å²) in [6.07, 6.45) is 23.3. The molecule has 0 aromatic carbocycles. The maximum absolute atomic E-state index is 2.42. The van der Waals surface area contributed by atoms with Gasteiger partial charge in [0.2, 0.25) is 0 Å². The highest BCUT2D eigenvalue weighted by Gasteiger charge is 2.00. The van der Waals surface area contributed by atoms with Crippen LogP contribution >= 0.6 is 0 Å². The average molecular weight is 407 g/mol. The SMILES string of the molecule is C.C.C.C.C.C.CCCC(C)CCCCCCCCCCCCCC(C)CC. The van der Waals surface area contributed by atoms with Gasteiger partial charge in [0.25, 0.3) is 0 Å². The molecule has 0 aliphatic carbocycles. The van der Waals surface area contributed by atoms with E-state index < -0.39 is 0 Å². The summed E-state index contributed by atoms with van der Waals surface area (Å²) in [7, 11) is 0. The van der Waals surface area contributed by atoms with Crippen molar-refractivity contribution in [2.24, 2.45) is 11.8 Å². The summed E-state index contributed by atoms with van der Waals surface area (Å²) in [5, 5.41) is 0. The topological polar surface area (TPSA) is 0 Å². The maximum Gasteiger partial charge on any atom is -0.0443 e. The van der Waals surface area contributed by atoms with Gasteiger partial charge in [0.05, 0.1) is 0 Å². The van der Waals surface area contributed by atoms with Crippen molar-refractivity contribution in [2.75, 3.05) is 0 Å². The first kappa shape index (κ1) is 46.3. The van der Waals surface area contributed by atoms with Crippen LogP contribution in [0.4, 0.5) is 0 Å². The molecule has 0 spiro atoms. The molecule has 0 nitrogen and oxygen atoms in total. The normalized spacial score (nSPS) is 11.1. The third kappa shape index (κ3) is 36.8. The van der Waals surface area contributed by atoms with Crippen LogP contribution in [0, 0.1) is 11.8 Å². The van der Waals surface area contributed by atoms with Crippen LogP contribution in [-0.2, 0) is 0 Å². The molecule has 0 N–H and O–H groups in total. The van der Waals surface area contributed by atoms with Crippen LogP contribution in [0.1, 0.15) is 175 Å². The third-order valence-electron chi connectivity index (χ3n) is 5.37. The zero-order valence-corrected chi connectivity index (χ0v) is 16.5. The fourth-order valence-electron chi connectivity index (χ4n) is 3.42. The summed E-state index contributed by atoms with van der Waals surface area (Å²) < 4.78 is 0. The molecule has 0 saturated heterocycles. The first-order valence-corrected chi connectivity index (χ1v) is 10.7. The third-order valence-corrected chi connectivity index (χ3v) is 5.37. The van der Waals surface area contributed by atoms with E-state index in [1.807, 2.05) is 0 Å². The van der Waals surface area contributed by atoms with Gasteiger partial charge in [0.15, 0.2) is 0 Å². The van der Waals surface area contributed by atoms with Crippen LogP contribution in [-0.4, -0.2) is 0 Å². The van der Waals surface area contributed by atoms with Crippen LogP contribution in [0.5, 0.6) is 0 Å². The Kier molecular flexibility index (Phi) is 62.3. The highest BCUT2D eigenvalue weighted by Crippen LogP contribution is 2.17. The highest BCUT2D eigenvalue weighted by atomic mass is 14.1. The summed E-state index contributed by atoms with van der Waals surface area (Å²) in [6.45, 7) is 9.44. The van der Waals surface area contributed by atoms with Gasteiger partial charge in [0, 0.05) is 0 Å². The van der Waals surface area contributed by atoms with Gasteiger partial charge in [0.1, 0.15) is 0 Å². The van der Waals surface area contributed by atoms with E-state index in [9.17, 15) is 0 Å². The summed E-state index contributed by atoms with van der Waals surface area (Å²) in [6, 6.07) is 0. The predicted molar refractivity (Wildman–Crippen MR) is 144 cm³/mol. The number of hydrogen-bond donors (Lipinski definition) is 0. The molecular weight excluding hydrogens is 336 g/mol. The number of hydrogen-bond acceptors (Lipinski definition) is 0. The standard InChI is InChI=1S/C22H46.6CH4/c1-5-18-22(4)20-17-15-13-11-9-7-8-10-12-14-16-19-21(3)6-2;;;;;;/h21-22H,5-20H2,1-4H3;6*1H4. The average Bonchev–Trinajstić information content (AvgIpc) is 2.51. The molecule has 2 atom stereocenters. The lowest BCUT2D eigenvalue weighted by atomic mass is 9.97. The van der Waals surface area contributed by atoms with E-state index in [2.05, 4.69) is 27.7 Å². The monoisotopic (exact) mass is 407 g/mol. The van der Waals surface area contributed by atoms with Crippen molar-refractivity contribution in [1.82, 2.24) is 0 Å². The van der Waals surface area contributed by atoms with Crippen molar-refractivity contribution in [3.8, 4) is 0 Å². The molecule has 0 aliphatic heterocycles. The van der Waals surface area contributed by atoms with Crippen molar-refractivity contribution in [3.63, 3.8) is 0 Å². The van der Waals surface area contributed by atoms with Crippen molar-refractivity contribution in [1.29, 1.82) is 0 Å². The van der Waals surface area contributed by atoms with Crippen LogP contribution < -0.4 is 0 Å². The van der Waals surface area contributed by atoms with Crippen molar-refractivity contribution in [3.05, 3.63) is 0 Å². The quantitative estimate of drug-likeness (QED) is 0.211. The molecular formula is C28H70. The fraction of sp³-hybridized carbons (Fsp3) is 1.00. The van der Waals surface area contributed by atoms with Gasteiger partial charge in [-0.1, -0.05) is 175 Å². The molecule has 0 aromatic rings. The Labute approximate surface area is 187 Å². The number of unbranched alkanes of at least 4 members (excludes halogenated alkanes) is 10. The van der Waals surface area contributed by atoms with Crippen molar-refractivity contribution in [2.45, 2.75) is 175 Å². The van der Waals surface area contributed by atoms with Crippen LogP contribution in [0.3, 0.4) is 0 Å². The van der Waals surface area contributed by atoms with E-state index in [-0.39, 0.29) is 44.6 Å². The van der Waals surface area contributed by atoms with Gasteiger partial charge in [-0.25, -0.2) is 0 Å². The fourth-order valence-corrected chi connectivity index (χ4v) is 3.42. The highest BCUT2D eigenvalue weighted by molar-refractivity contribution is 4.54. The molecule has 0 bridgehead atoms. The first-order chi connectivity index (χ1) is 10.7. The Morgan fingerprint density at radius 1 is 0.393 bits per heavy atom. The predicted octanol–water partition coefficient (Wildman–Crippen LogP) is 12.4. The van der Waals surface area contributed by atoms with Gasteiger partial charge in [-0.2, -0.15) is 0 Å². The van der Waals surface area contributed by atoms with E-state index in [1.54, 1.807) is 0 Å². The van der Waals surface area contributed by atoms with E-state index >= 15 is 0 Å². The minimum atomic E-state index is 0. The Hall–Kier alpha value is 0. The zero-order chi connectivity index (χ0) is 16.5. The Bertz CT molecular complexity index is 196. The Morgan fingerprint density at radius 2 is 0.679 bits per heavy atom. The van der Waals surface area contributed by atoms with E-state index in [0.717, 1.165) is 11.8 Å². The minimum absolute atomic E-state index is 0. The lowest BCUT2D eigenvalue weighted by Gasteiger charge is -2.09. The molecule has 0 rings (SSSR count). The van der Waals surface area contributed by atoms with E-state index in [4.69, 9.17) is 0 Å². The second-order valence-electron chi connectivity index (χ2n) is 7.87. The lowest BCUT2D eigenvalue weighted by molar-refractivity contribution is 0.448. The Morgan fingerprint density at radius 3 is 0.964 bits per heavy atom. The van der Waals surface area contributed by atoms with E-state index in [1.165, 1.54) is 103 Å². The Balaban J connectivity index is -0.000000147. The van der Waals surface area contributed by atoms with Crippen molar-refractivity contribution >= 4 is 0 Å². The zero-order valence-electron chi connectivity index (χ0n) is 16.5. The molecule has 0 heterocycles. The number of rotatable bonds is 17. The molecule has 0 saturated carbocycles. The van der Waals surface area contributed by atoms with Gasteiger partial charge >= 0.3 is 0 Å². The first-order valence-electron chi connectivity index (χ1n) is 10.7. The molecule has 182 valence electrons. The summed E-state index contributed by atoms with van der Waals surface area (Å²) in [5.41, 5.74) is 0. The van der Waals surface area contributed by atoms with E-state index in [0.29, 0.717) is 0 Å². The summed E-state index contributed by atoms with van der Waals surface area (Å²) in [4.78, 5) is 0. The van der Waals surface area contributed by atoms with Crippen LogP contribution in [0.15, 0.2) is 0 Å². The molecule has 0 aliphatic rings. The molecule has 0 amide bonds. The molecule has 0 aromatic heterocycles. The van der Waals surface area contributed by atoms with Crippen LogP contribution in [0.25, 0.3) is 0 Å². The minimum Gasteiger partial charge on any atom is -0.0776 e. The molecule has 0 fully saturated rings. The lowest BCUT2D eigenvalue weighted by Crippen LogP contribution is -1.93. The van der Waals surface area contributed by atoms with Gasteiger partial charge in [-0.05, 0) is 11.8 Å². The molecule has 0 heteroatoms. The smallest absolute Gasteiger partial charge is 0.0443 e. The molecule has 28 heavy (non-hydrogen) atoms. The summed E-state index contributed by atoms with van der Waals surface area (Å²) in [5.74, 6) is 1.91. The van der Waals surface area contributed by atoms with Gasteiger partial charge < -0.3 is 0 Å². The molecule has 2 unspecified atom stereocenters. The van der Waals surface area contributed by atoms with Gasteiger partial charge in [-0.3, -0.25) is 0 Å². The van der Waals surface area contributed by atoms with Crippen LogP contribution in [0.2, 0.25) is 0 Å². The second-order valence-corrected chi connectivity index (χ2v) is 7.87. The largest absolute Gasteiger partial charge is 0.0776 e. The second kappa shape index (κ2) is 37.7. The van der Waals surface area contributed by atoms with Gasteiger partial charge in [-0.15, -0.1) is 0 Å². The summed E-state index contributed by atoms with van der Waals surface area (Å²) >= 11 is 0. The maximum atomic E-state index is 2.42. The van der Waals surface area contributed by atoms with Crippen molar-refractivity contribution < 1.29 is 0 Å². The molecule has 0 radical (unpaired) electrons.